The van der Waals surface area contributed by atoms with E-state index in [9.17, 15) is 18.0 Å². The third kappa shape index (κ3) is 4.99. The van der Waals surface area contributed by atoms with E-state index in [0.717, 1.165) is 17.0 Å². The number of likely N-dealkylation sites (N-methyl/N-ethyl adjacent to an activating group) is 1. The number of halogens is 3. The molecule has 0 aliphatic carbocycles. The van der Waals surface area contributed by atoms with E-state index in [-0.39, 0.29) is 18.3 Å². The van der Waals surface area contributed by atoms with E-state index in [4.69, 9.17) is 4.74 Å². The molecule has 0 bridgehead atoms. The quantitative estimate of drug-likeness (QED) is 0.787. The van der Waals surface area contributed by atoms with Crippen molar-refractivity contribution >= 4 is 17.2 Å². The van der Waals surface area contributed by atoms with Crippen LogP contribution in [0.5, 0.6) is 5.75 Å². The van der Waals surface area contributed by atoms with Gasteiger partial charge in [-0.2, -0.15) is 13.2 Å². The molecule has 0 saturated carbocycles. The zero-order chi connectivity index (χ0) is 16.9. The van der Waals surface area contributed by atoms with Gasteiger partial charge in [0.05, 0.1) is 12.1 Å². The molecule has 0 atom stereocenters. The van der Waals surface area contributed by atoms with Crippen molar-refractivity contribution in [2.24, 2.45) is 0 Å². The molecule has 0 unspecified atom stereocenters. The molecule has 1 aromatic heterocycles. The van der Waals surface area contributed by atoms with E-state index >= 15 is 0 Å². The van der Waals surface area contributed by atoms with Crippen LogP contribution in [0.15, 0.2) is 41.8 Å². The van der Waals surface area contributed by atoms with Crippen molar-refractivity contribution < 1.29 is 22.7 Å². The Morgan fingerprint density at radius 1 is 1.22 bits per heavy atom. The molecule has 23 heavy (non-hydrogen) atoms. The van der Waals surface area contributed by atoms with Crippen LogP contribution in [0.2, 0.25) is 0 Å². The highest BCUT2D eigenvalue weighted by molar-refractivity contribution is 7.09. The fraction of sp³-hybridized carbons (Fsp3) is 0.312. The van der Waals surface area contributed by atoms with Crippen LogP contribution in [0.4, 0.5) is 13.2 Å². The number of amides is 1. The summed E-state index contributed by atoms with van der Waals surface area (Å²) in [7, 11) is 0. The van der Waals surface area contributed by atoms with Crippen LogP contribution in [0.25, 0.3) is 0 Å². The molecule has 0 fully saturated rings. The first-order valence-electron chi connectivity index (χ1n) is 7.00. The number of hydrogen-bond donors (Lipinski definition) is 0. The molecular formula is C16H16F3NO2S. The number of hydrogen-bond acceptors (Lipinski definition) is 3. The highest BCUT2D eigenvalue weighted by atomic mass is 32.1. The number of alkyl halides is 3. The predicted octanol–water partition coefficient (Wildman–Crippen LogP) is 4.19. The van der Waals surface area contributed by atoms with Crippen molar-refractivity contribution in [3.8, 4) is 5.75 Å². The van der Waals surface area contributed by atoms with E-state index in [1.807, 2.05) is 24.4 Å². The monoisotopic (exact) mass is 343 g/mol. The first kappa shape index (κ1) is 17.3. The molecule has 1 heterocycles. The minimum absolute atomic E-state index is 0.204. The van der Waals surface area contributed by atoms with E-state index in [0.29, 0.717) is 13.1 Å². The van der Waals surface area contributed by atoms with E-state index in [2.05, 4.69) is 0 Å². The van der Waals surface area contributed by atoms with Gasteiger partial charge in [-0.25, -0.2) is 0 Å². The Bertz CT molecular complexity index is 624. The second kappa shape index (κ2) is 7.50. The van der Waals surface area contributed by atoms with Crippen molar-refractivity contribution in [3.05, 3.63) is 52.2 Å². The molecular weight excluding hydrogens is 327 g/mol. The zero-order valence-corrected chi connectivity index (χ0v) is 13.3. The molecule has 0 N–H and O–H groups in total. The van der Waals surface area contributed by atoms with Gasteiger partial charge >= 0.3 is 6.18 Å². The van der Waals surface area contributed by atoms with Gasteiger partial charge in [-0.1, -0.05) is 6.07 Å². The van der Waals surface area contributed by atoms with Crippen molar-refractivity contribution in [3.63, 3.8) is 0 Å². The SMILES string of the molecule is CCN(Cc1cccs1)C(=O)COc1ccc(C(F)(F)F)cc1. The smallest absolute Gasteiger partial charge is 0.416 e. The summed E-state index contributed by atoms with van der Waals surface area (Å²) in [6.07, 6.45) is -4.38. The molecule has 2 rings (SSSR count). The molecule has 3 nitrogen and oxygen atoms in total. The van der Waals surface area contributed by atoms with Gasteiger partial charge in [0.15, 0.2) is 6.61 Å². The molecule has 0 radical (unpaired) electrons. The normalized spacial score (nSPS) is 11.3. The third-order valence-corrected chi connectivity index (χ3v) is 4.07. The Kier molecular flexibility index (Phi) is 5.65. The molecule has 124 valence electrons. The summed E-state index contributed by atoms with van der Waals surface area (Å²) in [4.78, 5) is 14.8. The lowest BCUT2D eigenvalue weighted by Crippen LogP contribution is -2.34. The van der Waals surface area contributed by atoms with E-state index in [1.54, 1.807) is 16.2 Å². The summed E-state index contributed by atoms with van der Waals surface area (Å²) in [5.74, 6) is 0.0272. The highest BCUT2D eigenvalue weighted by Gasteiger charge is 2.30. The van der Waals surface area contributed by atoms with Crippen LogP contribution in [0.1, 0.15) is 17.4 Å². The Morgan fingerprint density at radius 2 is 1.91 bits per heavy atom. The Balaban J connectivity index is 1.90. The van der Waals surface area contributed by atoms with Crippen LogP contribution < -0.4 is 4.74 Å². The number of carbonyl (C=O) groups excluding carboxylic acids is 1. The predicted molar refractivity (Wildman–Crippen MR) is 82.3 cm³/mol. The molecule has 0 aliphatic heterocycles. The third-order valence-electron chi connectivity index (χ3n) is 3.21. The topological polar surface area (TPSA) is 29.5 Å². The Labute approximate surface area is 136 Å². The van der Waals surface area contributed by atoms with Crippen LogP contribution in [0.3, 0.4) is 0 Å². The minimum Gasteiger partial charge on any atom is -0.484 e. The second-order valence-electron chi connectivity index (χ2n) is 4.80. The fourth-order valence-corrected chi connectivity index (χ4v) is 2.66. The number of ether oxygens (including phenoxy) is 1. The van der Waals surface area contributed by atoms with Gasteiger partial charge in [-0.05, 0) is 42.6 Å². The number of thiophene rings is 1. The molecule has 0 saturated heterocycles. The van der Waals surface area contributed by atoms with Crippen molar-refractivity contribution in [2.75, 3.05) is 13.2 Å². The van der Waals surface area contributed by atoms with Crippen molar-refractivity contribution in [1.29, 1.82) is 0 Å². The molecule has 1 aromatic carbocycles. The lowest BCUT2D eigenvalue weighted by atomic mass is 10.2. The average molecular weight is 343 g/mol. The van der Waals surface area contributed by atoms with Crippen molar-refractivity contribution in [2.45, 2.75) is 19.6 Å². The molecule has 1 amide bonds. The zero-order valence-electron chi connectivity index (χ0n) is 12.5. The number of rotatable bonds is 6. The maximum atomic E-state index is 12.5. The maximum absolute atomic E-state index is 12.5. The van der Waals surface area contributed by atoms with Crippen LogP contribution in [0, 0.1) is 0 Å². The van der Waals surface area contributed by atoms with Gasteiger partial charge in [-0.15, -0.1) is 11.3 Å². The van der Waals surface area contributed by atoms with Gasteiger partial charge in [-0.3, -0.25) is 4.79 Å². The van der Waals surface area contributed by atoms with Gasteiger partial charge < -0.3 is 9.64 Å². The van der Waals surface area contributed by atoms with Gasteiger partial charge in [0.2, 0.25) is 0 Å². The van der Waals surface area contributed by atoms with Crippen LogP contribution >= 0.6 is 11.3 Å². The largest absolute Gasteiger partial charge is 0.484 e. The van der Waals surface area contributed by atoms with Gasteiger partial charge in [0.1, 0.15) is 5.75 Å². The van der Waals surface area contributed by atoms with Crippen molar-refractivity contribution in [1.82, 2.24) is 4.90 Å². The van der Waals surface area contributed by atoms with E-state index in [1.165, 1.54) is 12.1 Å². The fourth-order valence-electron chi connectivity index (χ4n) is 1.94. The summed E-state index contributed by atoms with van der Waals surface area (Å²) < 4.78 is 42.7. The summed E-state index contributed by atoms with van der Waals surface area (Å²) in [6.45, 7) is 2.70. The van der Waals surface area contributed by atoms with Gasteiger partial charge in [0, 0.05) is 11.4 Å². The number of nitrogens with zero attached hydrogens (tertiary/aromatic N) is 1. The molecule has 7 heteroatoms. The van der Waals surface area contributed by atoms with Crippen LogP contribution in [-0.2, 0) is 17.5 Å². The Hall–Kier alpha value is -2.02. The van der Waals surface area contributed by atoms with E-state index < -0.39 is 11.7 Å². The number of benzene rings is 1. The summed E-state index contributed by atoms with van der Waals surface area (Å²) >= 11 is 1.56. The maximum Gasteiger partial charge on any atom is 0.416 e. The lowest BCUT2D eigenvalue weighted by Gasteiger charge is -2.20. The highest BCUT2D eigenvalue weighted by Crippen LogP contribution is 2.30. The summed E-state index contributed by atoms with van der Waals surface area (Å²) in [5.41, 5.74) is -0.746. The lowest BCUT2D eigenvalue weighted by molar-refractivity contribution is -0.137. The first-order valence-corrected chi connectivity index (χ1v) is 7.88. The second-order valence-corrected chi connectivity index (χ2v) is 5.83. The summed E-state index contributed by atoms with van der Waals surface area (Å²) in [5, 5.41) is 1.94. The first-order chi connectivity index (χ1) is 10.9. The Morgan fingerprint density at radius 3 is 2.43 bits per heavy atom. The average Bonchev–Trinajstić information content (AvgIpc) is 3.03. The number of carbonyl (C=O) groups is 1. The van der Waals surface area contributed by atoms with Gasteiger partial charge in [0.25, 0.3) is 5.91 Å². The molecule has 0 aliphatic rings. The summed E-state index contributed by atoms with van der Waals surface area (Å²) in [6, 6.07) is 8.15. The molecule has 0 spiro atoms. The van der Waals surface area contributed by atoms with Crippen LogP contribution in [-0.4, -0.2) is 24.0 Å². The molecule has 2 aromatic rings. The minimum atomic E-state index is -4.38. The standard InChI is InChI=1S/C16H16F3NO2S/c1-2-20(10-14-4-3-9-23-14)15(21)11-22-13-7-5-12(6-8-13)16(17,18)19/h3-9H,2,10-11H2,1H3.